The van der Waals surface area contributed by atoms with Gasteiger partial charge in [0.1, 0.15) is 17.2 Å². The van der Waals surface area contributed by atoms with E-state index in [-0.39, 0.29) is 11.7 Å². The number of carbonyl (C=O) groups excluding carboxylic acids is 1. The average Bonchev–Trinajstić information content (AvgIpc) is 3.19. The number of hydrogen-bond donors (Lipinski definition) is 5. The molecule has 12 heteroatoms. The summed E-state index contributed by atoms with van der Waals surface area (Å²) in [5.41, 5.74) is 0.488. The van der Waals surface area contributed by atoms with Gasteiger partial charge in [0.2, 0.25) is 5.91 Å². The Bertz CT molecular complexity index is 1460. The van der Waals surface area contributed by atoms with Gasteiger partial charge in [0, 0.05) is 31.0 Å². The number of aliphatic hydroxyl groups is 1. The van der Waals surface area contributed by atoms with Crippen molar-refractivity contribution in [1.82, 2.24) is 10.2 Å². The lowest BCUT2D eigenvalue weighted by Crippen LogP contribution is -2.52. The molecule has 11 nitrogen and oxygen atoms in total. The standard InChI is InChI=1S/C24H27FN2O2.C6H8O7/c1-16-8-9-22-19(14-16)17(2)23(29-22)15-27-12-10-24(11-13-27,26-18(3)28)20-6-4-5-7-21(20)25;7-3(8)1-6(13,5(11)12)2-4(9)10/h4-9,14H,10-13,15H2,1-3H3,(H,26,28);13H,1-2H2,(H,7,8)(H,9,10)(H,11,12). The van der Waals surface area contributed by atoms with Gasteiger partial charge in [-0.1, -0.05) is 29.8 Å². The molecule has 0 radical (unpaired) electrons. The highest BCUT2D eigenvalue weighted by molar-refractivity contribution is 5.88. The van der Waals surface area contributed by atoms with Gasteiger partial charge >= 0.3 is 17.9 Å². The number of furan rings is 1. The van der Waals surface area contributed by atoms with Gasteiger partial charge in [0.15, 0.2) is 5.60 Å². The van der Waals surface area contributed by atoms with Gasteiger partial charge in [-0.2, -0.15) is 0 Å². The lowest BCUT2D eigenvalue weighted by atomic mass is 9.80. The molecule has 0 spiro atoms. The van der Waals surface area contributed by atoms with E-state index in [1.807, 2.05) is 12.1 Å². The van der Waals surface area contributed by atoms with Crippen LogP contribution in [0.3, 0.4) is 0 Å². The summed E-state index contributed by atoms with van der Waals surface area (Å²) in [7, 11) is 0. The molecule has 0 unspecified atom stereocenters. The fraction of sp³-hybridized carbons (Fsp3) is 0.400. The molecule has 1 saturated heterocycles. The Morgan fingerprint density at radius 1 is 1.00 bits per heavy atom. The van der Waals surface area contributed by atoms with Crippen molar-refractivity contribution >= 4 is 34.8 Å². The molecule has 0 aliphatic carbocycles. The number of likely N-dealkylation sites (tertiary alicyclic amines) is 1. The number of carboxylic acids is 3. The molecule has 1 aromatic heterocycles. The molecule has 0 atom stereocenters. The summed E-state index contributed by atoms with van der Waals surface area (Å²) in [6, 6.07) is 13.0. The van der Waals surface area contributed by atoms with E-state index in [0.717, 1.165) is 29.8 Å². The first-order chi connectivity index (χ1) is 19.7. The van der Waals surface area contributed by atoms with Crippen molar-refractivity contribution in [2.24, 2.45) is 0 Å². The van der Waals surface area contributed by atoms with Crippen molar-refractivity contribution in [2.45, 2.75) is 64.1 Å². The van der Waals surface area contributed by atoms with Crippen LogP contribution in [0.2, 0.25) is 0 Å². The van der Waals surface area contributed by atoms with Crippen molar-refractivity contribution in [3.05, 3.63) is 70.7 Å². The second-order valence-electron chi connectivity index (χ2n) is 10.6. The number of aryl methyl sites for hydroxylation is 2. The molecule has 0 bridgehead atoms. The maximum Gasteiger partial charge on any atom is 0.336 e. The number of hydrogen-bond acceptors (Lipinski definition) is 7. The molecule has 226 valence electrons. The van der Waals surface area contributed by atoms with Gasteiger partial charge in [0.05, 0.1) is 24.9 Å². The summed E-state index contributed by atoms with van der Waals surface area (Å²) in [6.45, 7) is 7.90. The third-order valence-corrected chi connectivity index (χ3v) is 7.36. The van der Waals surface area contributed by atoms with Crippen LogP contribution >= 0.6 is 0 Å². The van der Waals surface area contributed by atoms with Gasteiger partial charge in [-0.15, -0.1) is 0 Å². The Labute approximate surface area is 241 Å². The van der Waals surface area contributed by atoms with Gasteiger partial charge in [0.25, 0.3) is 0 Å². The largest absolute Gasteiger partial charge is 0.481 e. The van der Waals surface area contributed by atoms with Crippen molar-refractivity contribution in [3.8, 4) is 0 Å². The smallest absolute Gasteiger partial charge is 0.336 e. The minimum Gasteiger partial charge on any atom is -0.481 e. The monoisotopic (exact) mass is 586 g/mol. The Hall–Kier alpha value is -4.29. The van der Waals surface area contributed by atoms with Crippen LogP contribution in [0.5, 0.6) is 0 Å². The lowest BCUT2D eigenvalue weighted by molar-refractivity contribution is -0.170. The molecule has 1 fully saturated rings. The molecular weight excluding hydrogens is 551 g/mol. The number of benzene rings is 2. The third kappa shape index (κ3) is 7.71. The highest BCUT2D eigenvalue weighted by Crippen LogP contribution is 2.36. The second kappa shape index (κ2) is 13.1. The highest BCUT2D eigenvalue weighted by atomic mass is 19.1. The second-order valence-corrected chi connectivity index (χ2v) is 10.6. The number of amides is 1. The fourth-order valence-electron chi connectivity index (χ4n) is 5.19. The highest BCUT2D eigenvalue weighted by Gasteiger charge is 2.41. The van der Waals surface area contributed by atoms with Crippen molar-refractivity contribution < 1.29 is 48.4 Å². The topological polar surface area (TPSA) is 178 Å². The Balaban J connectivity index is 0.000000316. The van der Waals surface area contributed by atoms with E-state index in [4.69, 9.17) is 24.8 Å². The maximum atomic E-state index is 14.5. The van der Waals surface area contributed by atoms with Gasteiger partial charge in [-0.05, 0) is 50.5 Å². The molecule has 1 amide bonds. The Morgan fingerprint density at radius 2 is 1.60 bits per heavy atom. The predicted molar refractivity (Wildman–Crippen MR) is 149 cm³/mol. The normalized spacial score (nSPS) is 15.0. The van der Waals surface area contributed by atoms with E-state index in [1.165, 1.54) is 24.1 Å². The first-order valence-corrected chi connectivity index (χ1v) is 13.3. The zero-order chi connectivity index (χ0) is 31.2. The minimum atomic E-state index is -2.74. The van der Waals surface area contributed by atoms with Crippen molar-refractivity contribution in [1.29, 1.82) is 0 Å². The van der Waals surface area contributed by atoms with Gasteiger partial charge < -0.3 is 30.2 Å². The quantitative estimate of drug-likeness (QED) is 0.249. The van der Waals surface area contributed by atoms with Crippen molar-refractivity contribution in [3.63, 3.8) is 0 Å². The summed E-state index contributed by atoms with van der Waals surface area (Å²) < 4.78 is 20.6. The van der Waals surface area contributed by atoms with Crippen LogP contribution < -0.4 is 5.32 Å². The van der Waals surface area contributed by atoms with Crippen LogP contribution in [-0.2, 0) is 31.3 Å². The van der Waals surface area contributed by atoms with E-state index in [9.17, 15) is 23.6 Å². The fourth-order valence-corrected chi connectivity index (χ4v) is 5.19. The summed E-state index contributed by atoms with van der Waals surface area (Å²) in [4.78, 5) is 44.7. The van der Waals surface area contributed by atoms with E-state index in [1.54, 1.807) is 12.1 Å². The van der Waals surface area contributed by atoms with E-state index in [0.29, 0.717) is 24.9 Å². The molecule has 5 N–H and O–H groups in total. The third-order valence-electron chi connectivity index (χ3n) is 7.36. The zero-order valence-corrected chi connectivity index (χ0v) is 23.6. The van der Waals surface area contributed by atoms with Crippen LogP contribution in [0.1, 0.15) is 55.1 Å². The number of nitrogens with zero attached hydrogens (tertiary/aromatic N) is 1. The number of fused-ring (bicyclic) bond motifs is 1. The van der Waals surface area contributed by atoms with Gasteiger partial charge in [-0.25, -0.2) is 9.18 Å². The molecule has 2 heterocycles. The molecule has 1 aliphatic heterocycles. The molecular formula is C30H35FN2O9. The number of nitrogens with one attached hydrogen (secondary N) is 1. The molecule has 2 aromatic carbocycles. The first kappa shape index (κ1) is 32.2. The maximum absolute atomic E-state index is 14.5. The summed E-state index contributed by atoms with van der Waals surface area (Å²) in [6.07, 6.45) is -0.971. The number of carboxylic acid groups (broad SMARTS) is 3. The molecule has 42 heavy (non-hydrogen) atoms. The number of aliphatic carboxylic acids is 3. The predicted octanol–water partition coefficient (Wildman–Crippen LogP) is 3.57. The zero-order valence-electron chi connectivity index (χ0n) is 23.6. The number of rotatable bonds is 9. The number of carbonyl (C=O) groups is 4. The van der Waals surface area contributed by atoms with E-state index in [2.05, 4.69) is 36.2 Å². The molecule has 3 aromatic rings. The number of piperidine rings is 1. The van der Waals surface area contributed by atoms with Crippen LogP contribution in [0.25, 0.3) is 11.0 Å². The van der Waals surface area contributed by atoms with Crippen LogP contribution in [0.4, 0.5) is 4.39 Å². The molecule has 1 aliphatic rings. The summed E-state index contributed by atoms with van der Waals surface area (Å²) in [5.74, 6) is -4.44. The number of halogens is 1. The first-order valence-electron chi connectivity index (χ1n) is 13.3. The Morgan fingerprint density at radius 3 is 2.12 bits per heavy atom. The van der Waals surface area contributed by atoms with Crippen LogP contribution in [-0.4, -0.2) is 67.8 Å². The van der Waals surface area contributed by atoms with Crippen LogP contribution in [0, 0.1) is 19.7 Å². The van der Waals surface area contributed by atoms with E-state index >= 15 is 0 Å². The van der Waals surface area contributed by atoms with Crippen LogP contribution in [0.15, 0.2) is 46.9 Å². The summed E-state index contributed by atoms with van der Waals surface area (Å²) in [5, 5.41) is 38.0. The minimum absolute atomic E-state index is 0.134. The SMILES string of the molecule is CC(=O)NC1(c2ccccc2F)CCN(Cc2oc3ccc(C)cc3c2C)CC1.O=C(O)CC(O)(CC(=O)O)C(=O)O. The average molecular weight is 587 g/mol. The Kier molecular flexibility index (Phi) is 10.1. The molecule has 4 rings (SSSR count). The van der Waals surface area contributed by atoms with E-state index < -0.39 is 41.9 Å². The van der Waals surface area contributed by atoms with Gasteiger partial charge in [-0.3, -0.25) is 19.3 Å². The molecule has 0 saturated carbocycles. The summed E-state index contributed by atoms with van der Waals surface area (Å²) >= 11 is 0. The van der Waals surface area contributed by atoms with Crippen molar-refractivity contribution in [2.75, 3.05) is 13.1 Å². The lowest BCUT2D eigenvalue weighted by Gasteiger charge is -2.42.